The highest BCUT2D eigenvalue weighted by molar-refractivity contribution is 5.85. The minimum Gasteiger partial charge on any atom is -0.334 e. The van der Waals surface area contributed by atoms with Crippen LogP contribution in [-0.2, 0) is 11.7 Å². The molecule has 3 rings (SSSR count). The van der Waals surface area contributed by atoms with Gasteiger partial charge in [-0.25, -0.2) is 0 Å². The Morgan fingerprint density at radius 3 is 2.43 bits per heavy atom. The Kier molecular flexibility index (Phi) is 3.99. The van der Waals surface area contributed by atoms with Crippen LogP contribution >= 0.6 is 12.4 Å². The molecular formula is C13H13ClF3N3O. The summed E-state index contributed by atoms with van der Waals surface area (Å²) >= 11 is 0. The molecular weight excluding hydrogens is 307 g/mol. The largest absolute Gasteiger partial charge is 0.417 e. The van der Waals surface area contributed by atoms with E-state index in [4.69, 9.17) is 10.3 Å². The van der Waals surface area contributed by atoms with Gasteiger partial charge in [-0.3, -0.25) is 0 Å². The molecule has 0 radical (unpaired) electrons. The van der Waals surface area contributed by atoms with Gasteiger partial charge < -0.3 is 10.3 Å². The van der Waals surface area contributed by atoms with Crippen LogP contribution in [0.25, 0.3) is 11.5 Å². The SMILES string of the molecule is Cl.NC1(c2noc(-c3ccccc3C(F)(F)F)n2)CCC1. The van der Waals surface area contributed by atoms with E-state index >= 15 is 0 Å². The first-order valence-corrected chi connectivity index (χ1v) is 6.20. The average Bonchev–Trinajstić information content (AvgIpc) is 2.84. The van der Waals surface area contributed by atoms with Crippen molar-refractivity contribution < 1.29 is 17.7 Å². The van der Waals surface area contributed by atoms with Crippen molar-refractivity contribution in [2.45, 2.75) is 31.0 Å². The summed E-state index contributed by atoms with van der Waals surface area (Å²) in [6, 6.07) is 5.11. The number of aromatic nitrogens is 2. The van der Waals surface area contributed by atoms with Gasteiger partial charge in [0.15, 0.2) is 5.82 Å². The minimum absolute atomic E-state index is 0. The normalized spacial score (nSPS) is 17.0. The Hall–Kier alpha value is -1.60. The van der Waals surface area contributed by atoms with E-state index in [0.29, 0.717) is 12.8 Å². The molecule has 1 aliphatic carbocycles. The lowest BCUT2D eigenvalue weighted by Gasteiger charge is -2.34. The summed E-state index contributed by atoms with van der Waals surface area (Å²) in [6.07, 6.45) is -2.08. The van der Waals surface area contributed by atoms with Gasteiger partial charge in [0.1, 0.15) is 0 Å². The molecule has 21 heavy (non-hydrogen) atoms. The molecule has 1 fully saturated rings. The number of halogens is 4. The number of rotatable bonds is 2. The summed E-state index contributed by atoms with van der Waals surface area (Å²) in [5.41, 5.74) is 4.45. The molecule has 1 aliphatic rings. The van der Waals surface area contributed by atoms with Gasteiger partial charge in [-0.1, -0.05) is 17.3 Å². The third-order valence-corrected chi connectivity index (χ3v) is 3.58. The first-order valence-electron chi connectivity index (χ1n) is 6.20. The first kappa shape index (κ1) is 15.8. The van der Waals surface area contributed by atoms with E-state index in [1.165, 1.54) is 18.2 Å². The van der Waals surface area contributed by atoms with E-state index in [9.17, 15) is 13.2 Å². The highest BCUT2D eigenvalue weighted by atomic mass is 35.5. The monoisotopic (exact) mass is 319 g/mol. The molecule has 1 aromatic carbocycles. The first-order chi connectivity index (χ1) is 9.40. The van der Waals surface area contributed by atoms with E-state index in [1.807, 2.05) is 0 Å². The summed E-state index contributed by atoms with van der Waals surface area (Å²) in [4.78, 5) is 4.05. The summed E-state index contributed by atoms with van der Waals surface area (Å²) in [6.45, 7) is 0. The second kappa shape index (κ2) is 5.31. The van der Waals surface area contributed by atoms with Crippen LogP contribution < -0.4 is 5.73 Å². The molecule has 0 aliphatic heterocycles. The molecule has 1 aromatic heterocycles. The smallest absolute Gasteiger partial charge is 0.334 e. The fraction of sp³-hybridized carbons (Fsp3) is 0.385. The van der Waals surface area contributed by atoms with Crippen LogP contribution in [0, 0.1) is 0 Å². The molecule has 0 atom stereocenters. The Balaban J connectivity index is 0.00000161. The molecule has 114 valence electrons. The van der Waals surface area contributed by atoms with Crippen LogP contribution in [0.4, 0.5) is 13.2 Å². The minimum atomic E-state index is -4.47. The van der Waals surface area contributed by atoms with Crippen molar-refractivity contribution in [3.8, 4) is 11.5 Å². The molecule has 4 nitrogen and oxygen atoms in total. The van der Waals surface area contributed by atoms with Crippen molar-refractivity contribution >= 4 is 12.4 Å². The Bertz CT molecular complexity index is 638. The van der Waals surface area contributed by atoms with Crippen LogP contribution in [0.3, 0.4) is 0 Å². The van der Waals surface area contributed by atoms with Crippen LogP contribution in [0.2, 0.25) is 0 Å². The highest BCUT2D eigenvalue weighted by Crippen LogP contribution is 2.39. The molecule has 0 unspecified atom stereocenters. The lowest BCUT2D eigenvalue weighted by atomic mass is 9.77. The van der Waals surface area contributed by atoms with Crippen LogP contribution in [0.1, 0.15) is 30.7 Å². The number of benzene rings is 1. The number of hydrogen-bond donors (Lipinski definition) is 1. The van der Waals surface area contributed by atoms with Crippen molar-refractivity contribution in [1.82, 2.24) is 10.1 Å². The Labute approximate surface area is 124 Å². The third-order valence-electron chi connectivity index (χ3n) is 3.58. The topological polar surface area (TPSA) is 64.9 Å². The van der Waals surface area contributed by atoms with E-state index in [0.717, 1.165) is 12.5 Å². The Morgan fingerprint density at radius 1 is 1.19 bits per heavy atom. The average molecular weight is 320 g/mol. The Morgan fingerprint density at radius 2 is 1.86 bits per heavy atom. The molecule has 1 saturated carbocycles. The molecule has 0 saturated heterocycles. The van der Waals surface area contributed by atoms with Gasteiger partial charge in [0.2, 0.25) is 0 Å². The maximum atomic E-state index is 12.9. The van der Waals surface area contributed by atoms with Crippen molar-refractivity contribution in [2.75, 3.05) is 0 Å². The fourth-order valence-corrected chi connectivity index (χ4v) is 2.23. The number of alkyl halides is 3. The fourth-order valence-electron chi connectivity index (χ4n) is 2.23. The zero-order valence-electron chi connectivity index (χ0n) is 10.9. The van der Waals surface area contributed by atoms with Crippen LogP contribution in [0.5, 0.6) is 0 Å². The van der Waals surface area contributed by atoms with Gasteiger partial charge in [-0.05, 0) is 31.4 Å². The lowest BCUT2D eigenvalue weighted by molar-refractivity contribution is -0.137. The molecule has 2 N–H and O–H groups in total. The number of nitrogens with two attached hydrogens (primary N) is 1. The standard InChI is InChI=1S/C13H12F3N3O.ClH/c14-13(15,16)9-5-2-1-4-8(9)10-18-11(19-20-10)12(17)6-3-7-12;/h1-2,4-5H,3,6-7,17H2;1H. The summed E-state index contributed by atoms with van der Waals surface area (Å²) in [7, 11) is 0. The van der Waals surface area contributed by atoms with Crippen LogP contribution in [-0.4, -0.2) is 10.1 Å². The second-order valence-electron chi connectivity index (χ2n) is 4.98. The predicted molar refractivity (Wildman–Crippen MR) is 71.7 cm³/mol. The van der Waals surface area contributed by atoms with Gasteiger partial charge >= 0.3 is 6.18 Å². The lowest BCUT2D eigenvalue weighted by Crippen LogP contribution is -2.44. The van der Waals surface area contributed by atoms with E-state index in [-0.39, 0.29) is 29.7 Å². The number of nitrogens with zero attached hydrogens (tertiary/aromatic N) is 2. The quantitative estimate of drug-likeness (QED) is 0.920. The zero-order valence-corrected chi connectivity index (χ0v) is 11.7. The van der Waals surface area contributed by atoms with Gasteiger partial charge in [0, 0.05) is 0 Å². The second-order valence-corrected chi connectivity index (χ2v) is 4.98. The summed E-state index contributed by atoms with van der Waals surface area (Å²) < 4.78 is 43.8. The van der Waals surface area contributed by atoms with Gasteiger partial charge in [-0.2, -0.15) is 18.2 Å². The van der Waals surface area contributed by atoms with Crippen molar-refractivity contribution in [1.29, 1.82) is 0 Å². The van der Waals surface area contributed by atoms with Crippen molar-refractivity contribution in [3.63, 3.8) is 0 Å². The molecule has 0 spiro atoms. The molecule has 2 aromatic rings. The van der Waals surface area contributed by atoms with E-state index < -0.39 is 17.3 Å². The van der Waals surface area contributed by atoms with E-state index in [1.54, 1.807) is 0 Å². The maximum absolute atomic E-state index is 12.9. The van der Waals surface area contributed by atoms with Gasteiger partial charge in [0.25, 0.3) is 5.89 Å². The van der Waals surface area contributed by atoms with Crippen LogP contribution in [0.15, 0.2) is 28.8 Å². The van der Waals surface area contributed by atoms with E-state index in [2.05, 4.69) is 10.1 Å². The van der Waals surface area contributed by atoms with Gasteiger partial charge in [0.05, 0.1) is 16.7 Å². The highest BCUT2D eigenvalue weighted by Gasteiger charge is 2.40. The molecule has 0 amide bonds. The predicted octanol–water partition coefficient (Wildman–Crippen LogP) is 3.52. The molecule has 8 heteroatoms. The third kappa shape index (κ3) is 2.75. The maximum Gasteiger partial charge on any atom is 0.417 e. The van der Waals surface area contributed by atoms with Gasteiger partial charge in [-0.15, -0.1) is 12.4 Å². The van der Waals surface area contributed by atoms with Crippen molar-refractivity contribution in [2.24, 2.45) is 5.73 Å². The molecule has 1 heterocycles. The zero-order chi connectivity index (χ0) is 14.4. The number of hydrogen-bond acceptors (Lipinski definition) is 4. The summed E-state index contributed by atoms with van der Waals surface area (Å²) in [5.74, 6) is 0.125. The summed E-state index contributed by atoms with van der Waals surface area (Å²) in [5, 5.41) is 3.73. The van der Waals surface area contributed by atoms with Crippen molar-refractivity contribution in [3.05, 3.63) is 35.7 Å². The molecule has 0 bridgehead atoms.